The quantitative estimate of drug-likeness (QED) is 0.752. The smallest absolute Gasteiger partial charge is 0.0361 e. The highest BCUT2D eigenvalue weighted by Crippen LogP contribution is 2.12. The molecule has 1 aromatic carbocycles. The van der Waals surface area contributed by atoms with Crippen LogP contribution in [0, 0.1) is 0 Å². The van der Waals surface area contributed by atoms with E-state index in [0.29, 0.717) is 0 Å². The third kappa shape index (κ3) is 3.07. The first-order chi connectivity index (χ1) is 6.24. The third-order valence-electron chi connectivity index (χ3n) is 2.12. The molecule has 0 atom stereocenters. The molecule has 0 saturated carbocycles. The van der Waals surface area contributed by atoms with E-state index >= 15 is 0 Å². The van der Waals surface area contributed by atoms with Gasteiger partial charge >= 0.3 is 0 Å². The second-order valence-electron chi connectivity index (χ2n) is 3.41. The molecule has 0 spiro atoms. The Morgan fingerprint density at radius 1 is 1.15 bits per heavy atom. The summed E-state index contributed by atoms with van der Waals surface area (Å²) in [5.74, 6) is 0. The number of anilines is 1. The molecule has 2 nitrogen and oxygen atoms in total. The molecule has 0 radical (unpaired) electrons. The summed E-state index contributed by atoms with van der Waals surface area (Å²) in [5, 5.41) is 3.14. The van der Waals surface area contributed by atoms with Crippen molar-refractivity contribution in [2.45, 2.75) is 6.42 Å². The second-order valence-corrected chi connectivity index (χ2v) is 3.41. The number of hydrogen-bond acceptors (Lipinski definition) is 2. The molecular formula is C11H18N2. The molecule has 0 fully saturated rings. The number of hydrogen-bond donors (Lipinski definition) is 1. The van der Waals surface area contributed by atoms with Crippen LogP contribution in [0.5, 0.6) is 0 Å². The van der Waals surface area contributed by atoms with E-state index in [2.05, 4.69) is 48.6 Å². The Labute approximate surface area is 80.6 Å². The first kappa shape index (κ1) is 10.1. The van der Waals surface area contributed by atoms with Crippen molar-refractivity contribution in [3.8, 4) is 0 Å². The maximum absolute atomic E-state index is 3.14. The number of rotatable bonds is 4. The molecule has 1 rings (SSSR count). The molecule has 13 heavy (non-hydrogen) atoms. The van der Waals surface area contributed by atoms with E-state index in [1.807, 2.05) is 7.05 Å². The SMILES string of the molecule is CNCCc1ccc(N(C)C)cc1. The van der Waals surface area contributed by atoms with Gasteiger partial charge in [0.2, 0.25) is 0 Å². The zero-order valence-electron chi connectivity index (χ0n) is 8.67. The third-order valence-corrected chi connectivity index (χ3v) is 2.12. The molecular weight excluding hydrogens is 160 g/mol. The van der Waals surface area contributed by atoms with Crippen molar-refractivity contribution in [1.82, 2.24) is 5.32 Å². The van der Waals surface area contributed by atoms with Crippen molar-refractivity contribution >= 4 is 5.69 Å². The van der Waals surface area contributed by atoms with Crippen molar-refractivity contribution < 1.29 is 0 Å². The Balaban J connectivity index is 2.59. The Morgan fingerprint density at radius 3 is 2.23 bits per heavy atom. The van der Waals surface area contributed by atoms with Gasteiger partial charge in [-0.15, -0.1) is 0 Å². The van der Waals surface area contributed by atoms with Crippen LogP contribution in [0.15, 0.2) is 24.3 Å². The molecule has 0 aliphatic rings. The zero-order chi connectivity index (χ0) is 9.68. The Kier molecular flexibility index (Phi) is 3.77. The maximum Gasteiger partial charge on any atom is 0.0361 e. The summed E-state index contributed by atoms with van der Waals surface area (Å²) < 4.78 is 0. The van der Waals surface area contributed by atoms with Crippen LogP contribution in [0.2, 0.25) is 0 Å². The van der Waals surface area contributed by atoms with Crippen molar-refractivity contribution in [2.24, 2.45) is 0 Å². The van der Waals surface area contributed by atoms with Crippen LogP contribution in [0.25, 0.3) is 0 Å². The van der Waals surface area contributed by atoms with Gasteiger partial charge in [0.25, 0.3) is 0 Å². The van der Waals surface area contributed by atoms with Gasteiger partial charge in [0.1, 0.15) is 0 Å². The molecule has 0 heterocycles. The lowest BCUT2D eigenvalue weighted by atomic mass is 10.1. The summed E-state index contributed by atoms with van der Waals surface area (Å²) in [6.07, 6.45) is 1.10. The Hall–Kier alpha value is -1.02. The monoisotopic (exact) mass is 178 g/mol. The van der Waals surface area contributed by atoms with E-state index in [1.54, 1.807) is 0 Å². The standard InChI is InChI=1S/C11H18N2/c1-12-9-8-10-4-6-11(7-5-10)13(2)3/h4-7,12H,8-9H2,1-3H3. The van der Waals surface area contributed by atoms with Crippen LogP contribution in [0.4, 0.5) is 5.69 Å². The molecule has 2 heteroatoms. The molecule has 0 bridgehead atoms. The summed E-state index contributed by atoms with van der Waals surface area (Å²) in [4.78, 5) is 2.11. The van der Waals surface area contributed by atoms with Gasteiger partial charge in [0.05, 0.1) is 0 Å². The van der Waals surface area contributed by atoms with Crippen LogP contribution in [0.1, 0.15) is 5.56 Å². The molecule has 0 amide bonds. The van der Waals surface area contributed by atoms with E-state index in [1.165, 1.54) is 11.3 Å². The molecule has 72 valence electrons. The minimum absolute atomic E-state index is 1.04. The predicted octanol–water partition coefficient (Wildman–Crippen LogP) is 1.51. The van der Waals surface area contributed by atoms with E-state index in [-0.39, 0.29) is 0 Å². The molecule has 1 N–H and O–H groups in total. The van der Waals surface area contributed by atoms with Gasteiger partial charge in [-0.3, -0.25) is 0 Å². The van der Waals surface area contributed by atoms with Crippen molar-refractivity contribution in [2.75, 3.05) is 32.6 Å². The molecule has 1 aromatic rings. The van der Waals surface area contributed by atoms with Crippen LogP contribution in [-0.2, 0) is 6.42 Å². The van der Waals surface area contributed by atoms with Gasteiger partial charge in [0, 0.05) is 19.8 Å². The summed E-state index contributed by atoms with van der Waals surface area (Å²) >= 11 is 0. The van der Waals surface area contributed by atoms with Crippen LogP contribution in [0.3, 0.4) is 0 Å². The Morgan fingerprint density at radius 2 is 1.77 bits per heavy atom. The number of likely N-dealkylation sites (N-methyl/N-ethyl adjacent to an activating group) is 1. The normalized spacial score (nSPS) is 10.1. The highest BCUT2D eigenvalue weighted by molar-refractivity contribution is 5.45. The largest absolute Gasteiger partial charge is 0.378 e. The fourth-order valence-electron chi connectivity index (χ4n) is 1.23. The molecule has 0 saturated heterocycles. The van der Waals surface area contributed by atoms with Crippen molar-refractivity contribution in [1.29, 1.82) is 0 Å². The fourth-order valence-corrected chi connectivity index (χ4v) is 1.23. The maximum atomic E-state index is 3.14. The topological polar surface area (TPSA) is 15.3 Å². The highest BCUT2D eigenvalue weighted by atomic mass is 15.1. The van der Waals surface area contributed by atoms with E-state index in [9.17, 15) is 0 Å². The average Bonchev–Trinajstić information content (AvgIpc) is 2.15. The second kappa shape index (κ2) is 4.87. The molecule has 0 aromatic heterocycles. The molecule has 0 unspecified atom stereocenters. The first-order valence-corrected chi connectivity index (χ1v) is 4.65. The van der Waals surface area contributed by atoms with E-state index < -0.39 is 0 Å². The summed E-state index contributed by atoms with van der Waals surface area (Å²) in [7, 11) is 6.10. The van der Waals surface area contributed by atoms with Crippen molar-refractivity contribution in [3.63, 3.8) is 0 Å². The molecule has 0 aliphatic carbocycles. The first-order valence-electron chi connectivity index (χ1n) is 4.65. The zero-order valence-corrected chi connectivity index (χ0v) is 8.67. The van der Waals surface area contributed by atoms with Crippen LogP contribution >= 0.6 is 0 Å². The lowest BCUT2D eigenvalue weighted by Crippen LogP contribution is -2.11. The highest BCUT2D eigenvalue weighted by Gasteiger charge is 1.95. The van der Waals surface area contributed by atoms with E-state index in [0.717, 1.165) is 13.0 Å². The average molecular weight is 178 g/mol. The lowest BCUT2D eigenvalue weighted by Gasteiger charge is -2.12. The number of nitrogens with zero attached hydrogens (tertiary/aromatic N) is 1. The minimum Gasteiger partial charge on any atom is -0.378 e. The van der Waals surface area contributed by atoms with Gasteiger partial charge < -0.3 is 10.2 Å². The summed E-state index contributed by atoms with van der Waals surface area (Å²) in [6.45, 7) is 1.04. The van der Waals surface area contributed by atoms with Gasteiger partial charge in [-0.1, -0.05) is 12.1 Å². The van der Waals surface area contributed by atoms with E-state index in [4.69, 9.17) is 0 Å². The number of nitrogens with one attached hydrogen (secondary N) is 1. The summed E-state index contributed by atoms with van der Waals surface area (Å²) in [5.41, 5.74) is 2.65. The van der Waals surface area contributed by atoms with Crippen LogP contribution < -0.4 is 10.2 Å². The predicted molar refractivity (Wildman–Crippen MR) is 58.4 cm³/mol. The summed E-state index contributed by atoms with van der Waals surface area (Å²) in [6, 6.07) is 8.69. The number of benzene rings is 1. The van der Waals surface area contributed by atoms with Gasteiger partial charge in [0.15, 0.2) is 0 Å². The fraction of sp³-hybridized carbons (Fsp3) is 0.455. The van der Waals surface area contributed by atoms with Crippen molar-refractivity contribution in [3.05, 3.63) is 29.8 Å². The van der Waals surface area contributed by atoms with Gasteiger partial charge in [-0.2, -0.15) is 0 Å². The molecule has 0 aliphatic heterocycles. The lowest BCUT2D eigenvalue weighted by molar-refractivity contribution is 0.792. The minimum atomic E-state index is 1.04. The van der Waals surface area contributed by atoms with Crippen LogP contribution in [-0.4, -0.2) is 27.7 Å². The Bertz CT molecular complexity index is 239. The van der Waals surface area contributed by atoms with Gasteiger partial charge in [-0.05, 0) is 37.7 Å². The van der Waals surface area contributed by atoms with Gasteiger partial charge in [-0.25, -0.2) is 0 Å².